The number of nitrogens with zero attached hydrogens (tertiary/aromatic N) is 3. The van der Waals surface area contributed by atoms with Gasteiger partial charge in [0, 0.05) is 36.0 Å². The number of aryl methyl sites for hydroxylation is 1. The van der Waals surface area contributed by atoms with Crippen molar-refractivity contribution in [3.05, 3.63) is 83.8 Å². The third-order valence-corrected chi connectivity index (χ3v) is 5.82. The molecule has 1 aromatic heterocycles. The highest BCUT2D eigenvalue weighted by molar-refractivity contribution is 5.94. The van der Waals surface area contributed by atoms with Crippen LogP contribution in [0.15, 0.2) is 67.0 Å². The molecule has 3 aromatic rings. The predicted molar refractivity (Wildman–Crippen MR) is 119 cm³/mol. The zero-order chi connectivity index (χ0) is 20.8. The first-order valence-corrected chi connectivity index (χ1v) is 10.7. The SMILES string of the molecule is NC(=O)c1cccc(-c2nccnc2[C@@H]2CCCN(CCCc3ccccc3)C2)c1. The van der Waals surface area contributed by atoms with E-state index in [4.69, 9.17) is 10.7 Å². The fraction of sp³-hybridized carbons (Fsp3) is 0.320. The van der Waals surface area contributed by atoms with Gasteiger partial charge < -0.3 is 10.6 Å². The fourth-order valence-electron chi connectivity index (χ4n) is 4.32. The topological polar surface area (TPSA) is 72.1 Å². The van der Waals surface area contributed by atoms with Crippen molar-refractivity contribution in [2.45, 2.75) is 31.6 Å². The zero-order valence-electron chi connectivity index (χ0n) is 17.2. The number of nitrogens with two attached hydrogens (primary N) is 1. The number of likely N-dealkylation sites (tertiary alicyclic amines) is 1. The first-order chi connectivity index (χ1) is 14.7. The Morgan fingerprint density at radius 2 is 1.90 bits per heavy atom. The highest BCUT2D eigenvalue weighted by atomic mass is 16.1. The first kappa shape index (κ1) is 20.2. The molecule has 2 heterocycles. The van der Waals surface area contributed by atoms with Gasteiger partial charge in [-0.15, -0.1) is 0 Å². The van der Waals surface area contributed by atoms with Crippen molar-refractivity contribution in [1.82, 2.24) is 14.9 Å². The van der Waals surface area contributed by atoms with E-state index in [0.717, 1.165) is 62.3 Å². The van der Waals surface area contributed by atoms with Gasteiger partial charge in [-0.25, -0.2) is 0 Å². The Labute approximate surface area is 178 Å². The van der Waals surface area contributed by atoms with Crippen molar-refractivity contribution in [2.24, 2.45) is 5.73 Å². The molecule has 1 amide bonds. The van der Waals surface area contributed by atoms with E-state index in [9.17, 15) is 4.79 Å². The number of carbonyl (C=O) groups is 1. The number of benzene rings is 2. The molecule has 1 atom stereocenters. The van der Waals surface area contributed by atoms with Crippen LogP contribution >= 0.6 is 0 Å². The second-order valence-electron chi connectivity index (χ2n) is 7.96. The smallest absolute Gasteiger partial charge is 0.248 e. The van der Waals surface area contributed by atoms with Crippen molar-refractivity contribution < 1.29 is 4.79 Å². The maximum atomic E-state index is 11.6. The highest BCUT2D eigenvalue weighted by Gasteiger charge is 2.25. The minimum absolute atomic E-state index is 0.344. The Bertz CT molecular complexity index is 989. The van der Waals surface area contributed by atoms with Crippen molar-refractivity contribution in [3.8, 4) is 11.3 Å². The first-order valence-electron chi connectivity index (χ1n) is 10.7. The largest absolute Gasteiger partial charge is 0.366 e. The Balaban J connectivity index is 1.46. The lowest BCUT2D eigenvalue weighted by molar-refractivity contribution is 0.100. The summed E-state index contributed by atoms with van der Waals surface area (Å²) in [4.78, 5) is 23.5. The molecule has 1 saturated heterocycles. The maximum absolute atomic E-state index is 11.6. The summed E-state index contributed by atoms with van der Waals surface area (Å²) in [6.45, 7) is 3.23. The standard InChI is InChI=1S/C25H28N4O/c26-25(30)21-11-4-10-20(17-21)23-24(28-14-13-27-23)22-12-6-16-29(18-22)15-5-9-19-7-2-1-3-8-19/h1-4,7-8,10-11,13-14,17,22H,5-6,9,12,15-16,18H2,(H2,26,30)/t22-/m1/s1. The Morgan fingerprint density at radius 3 is 2.73 bits per heavy atom. The van der Waals surface area contributed by atoms with Crippen LogP contribution in [-0.4, -0.2) is 40.4 Å². The van der Waals surface area contributed by atoms with Crippen molar-refractivity contribution in [1.29, 1.82) is 0 Å². The molecule has 0 bridgehead atoms. The van der Waals surface area contributed by atoms with E-state index in [0.29, 0.717) is 11.5 Å². The molecule has 0 saturated carbocycles. The second kappa shape index (κ2) is 9.63. The average Bonchev–Trinajstić information content (AvgIpc) is 2.80. The van der Waals surface area contributed by atoms with E-state index in [1.807, 2.05) is 18.2 Å². The van der Waals surface area contributed by atoms with Crippen LogP contribution in [0.4, 0.5) is 0 Å². The predicted octanol–water partition coefficient (Wildman–Crippen LogP) is 4.05. The van der Waals surface area contributed by atoms with E-state index >= 15 is 0 Å². The Kier molecular flexibility index (Phi) is 6.50. The third-order valence-electron chi connectivity index (χ3n) is 5.82. The molecule has 2 N–H and O–H groups in total. The van der Waals surface area contributed by atoms with E-state index in [-0.39, 0.29) is 0 Å². The minimum Gasteiger partial charge on any atom is -0.366 e. The molecular formula is C25H28N4O. The molecule has 30 heavy (non-hydrogen) atoms. The van der Waals surface area contributed by atoms with Crippen molar-refractivity contribution >= 4 is 5.91 Å². The second-order valence-corrected chi connectivity index (χ2v) is 7.96. The molecule has 4 rings (SSSR count). The Hall–Kier alpha value is -3.05. The quantitative estimate of drug-likeness (QED) is 0.649. The molecule has 0 aliphatic carbocycles. The molecule has 5 nitrogen and oxygen atoms in total. The van der Waals surface area contributed by atoms with E-state index in [1.54, 1.807) is 18.5 Å². The summed E-state index contributed by atoms with van der Waals surface area (Å²) in [7, 11) is 0. The van der Waals surface area contributed by atoms with Crippen molar-refractivity contribution in [3.63, 3.8) is 0 Å². The number of primary amides is 1. The molecule has 0 unspecified atom stereocenters. The van der Waals surface area contributed by atoms with Gasteiger partial charge in [0.05, 0.1) is 11.4 Å². The number of hydrogen-bond donors (Lipinski definition) is 1. The van der Waals surface area contributed by atoms with Gasteiger partial charge in [-0.3, -0.25) is 14.8 Å². The summed E-state index contributed by atoms with van der Waals surface area (Å²) in [6.07, 6.45) is 8.02. The third kappa shape index (κ3) is 4.92. The number of piperidine rings is 1. The number of amides is 1. The maximum Gasteiger partial charge on any atom is 0.248 e. The van der Waals surface area contributed by atoms with Gasteiger partial charge in [0.2, 0.25) is 5.91 Å². The van der Waals surface area contributed by atoms with Gasteiger partial charge in [0.1, 0.15) is 0 Å². The molecule has 1 aliphatic heterocycles. The summed E-state index contributed by atoms with van der Waals surface area (Å²) in [5, 5.41) is 0. The molecular weight excluding hydrogens is 372 g/mol. The molecule has 2 aromatic carbocycles. The molecule has 5 heteroatoms. The van der Waals surface area contributed by atoms with Crippen LogP contribution in [0.1, 0.15) is 46.8 Å². The molecule has 0 spiro atoms. The number of carbonyl (C=O) groups excluding carboxylic acids is 1. The van der Waals surface area contributed by atoms with Crippen molar-refractivity contribution in [2.75, 3.05) is 19.6 Å². The van der Waals surface area contributed by atoms with Crippen LogP contribution in [0, 0.1) is 0 Å². The zero-order valence-corrected chi connectivity index (χ0v) is 17.2. The molecule has 154 valence electrons. The molecule has 1 fully saturated rings. The monoisotopic (exact) mass is 400 g/mol. The van der Waals surface area contributed by atoms with Crippen LogP contribution in [0.2, 0.25) is 0 Å². The van der Waals surface area contributed by atoms with Crippen LogP contribution < -0.4 is 5.73 Å². The summed E-state index contributed by atoms with van der Waals surface area (Å²) < 4.78 is 0. The lowest BCUT2D eigenvalue weighted by Crippen LogP contribution is -2.35. The van der Waals surface area contributed by atoms with Gasteiger partial charge in [0.25, 0.3) is 0 Å². The van der Waals surface area contributed by atoms with E-state index < -0.39 is 5.91 Å². The van der Waals surface area contributed by atoms with Gasteiger partial charge in [-0.1, -0.05) is 42.5 Å². The summed E-state index contributed by atoms with van der Waals surface area (Å²) in [5.74, 6) is -0.0824. The fourth-order valence-corrected chi connectivity index (χ4v) is 4.32. The molecule has 0 radical (unpaired) electrons. The highest BCUT2D eigenvalue weighted by Crippen LogP contribution is 2.32. The lowest BCUT2D eigenvalue weighted by Gasteiger charge is -2.33. The van der Waals surface area contributed by atoms with Crippen LogP contribution in [0.3, 0.4) is 0 Å². The number of aromatic nitrogens is 2. The van der Waals surface area contributed by atoms with Gasteiger partial charge in [-0.2, -0.15) is 0 Å². The summed E-state index contributed by atoms with van der Waals surface area (Å²) >= 11 is 0. The summed E-state index contributed by atoms with van der Waals surface area (Å²) in [5.41, 5.74) is 10.1. The average molecular weight is 401 g/mol. The van der Waals surface area contributed by atoms with E-state index in [2.05, 4.69) is 40.2 Å². The van der Waals surface area contributed by atoms with Crippen LogP contribution in [-0.2, 0) is 6.42 Å². The normalized spacial score (nSPS) is 17.0. The minimum atomic E-state index is -0.426. The number of rotatable bonds is 7. The van der Waals surface area contributed by atoms with Crippen LogP contribution in [0.5, 0.6) is 0 Å². The van der Waals surface area contributed by atoms with Gasteiger partial charge >= 0.3 is 0 Å². The Morgan fingerprint density at radius 1 is 1.07 bits per heavy atom. The lowest BCUT2D eigenvalue weighted by atomic mass is 9.91. The number of hydrogen-bond acceptors (Lipinski definition) is 4. The van der Waals surface area contributed by atoms with Gasteiger partial charge in [0.15, 0.2) is 0 Å². The van der Waals surface area contributed by atoms with Crippen LogP contribution in [0.25, 0.3) is 11.3 Å². The molecule has 1 aliphatic rings. The summed E-state index contributed by atoms with van der Waals surface area (Å²) in [6, 6.07) is 18.1. The van der Waals surface area contributed by atoms with Gasteiger partial charge in [-0.05, 0) is 56.5 Å². The van der Waals surface area contributed by atoms with E-state index in [1.165, 1.54) is 5.56 Å².